The SMILES string of the molecule is COC(=O)Cc1ccc(-c2cc(C(CNC(C)=O)NC(=O)/C=C/c3cc(Cl)ccc3-n3cnnn3)c(Cl)nn2)cc1. The van der Waals surface area contributed by atoms with Crippen molar-refractivity contribution in [3.05, 3.63) is 87.8 Å². The average Bonchev–Trinajstić information content (AvgIpc) is 3.50. The molecule has 2 amide bonds. The number of methoxy groups -OCH3 is 1. The molecule has 2 N–H and O–H groups in total. The molecule has 4 rings (SSSR count). The number of carbonyl (C=O) groups is 3. The van der Waals surface area contributed by atoms with Crippen molar-refractivity contribution in [1.29, 1.82) is 0 Å². The highest BCUT2D eigenvalue weighted by Crippen LogP contribution is 2.26. The third kappa shape index (κ3) is 7.93. The Kier molecular flexibility index (Phi) is 9.72. The van der Waals surface area contributed by atoms with Crippen molar-refractivity contribution in [3.63, 3.8) is 0 Å². The molecule has 210 valence electrons. The molecule has 41 heavy (non-hydrogen) atoms. The molecule has 2 aromatic carbocycles. The fourth-order valence-electron chi connectivity index (χ4n) is 3.82. The molecule has 14 heteroatoms. The topological polar surface area (TPSA) is 154 Å². The van der Waals surface area contributed by atoms with Crippen molar-refractivity contribution in [2.75, 3.05) is 13.7 Å². The quantitative estimate of drug-likeness (QED) is 0.208. The molecule has 4 aromatic rings. The Balaban J connectivity index is 1.58. The van der Waals surface area contributed by atoms with E-state index in [9.17, 15) is 14.4 Å². The number of nitrogens with one attached hydrogen (secondary N) is 2. The highest BCUT2D eigenvalue weighted by molar-refractivity contribution is 6.31. The molecule has 0 bridgehead atoms. The van der Waals surface area contributed by atoms with Crippen LogP contribution >= 0.6 is 23.2 Å². The summed E-state index contributed by atoms with van der Waals surface area (Å²) in [4.78, 5) is 36.3. The summed E-state index contributed by atoms with van der Waals surface area (Å²) in [6.45, 7) is 1.41. The normalized spacial score (nSPS) is 11.7. The van der Waals surface area contributed by atoms with Crippen LogP contribution < -0.4 is 10.6 Å². The van der Waals surface area contributed by atoms with Crippen LogP contribution in [0.4, 0.5) is 0 Å². The van der Waals surface area contributed by atoms with E-state index in [0.29, 0.717) is 33.1 Å². The van der Waals surface area contributed by atoms with E-state index in [2.05, 4.69) is 36.4 Å². The van der Waals surface area contributed by atoms with Gasteiger partial charge >= 0.3 is 5.97 Å². The number of nitrogens with zero attached hydrogens (tertiary/aromatic N) is 6. The van der Waals surface area contributed by atoms with Gasteiger partial charge in [0.25, 0.3) is 0 Å². The highest BCUT2D eigenvalue weighted by Gasteiger charge is 2.20. The van der Waals surface area contributed by atoms with Crippen LogP contribution in [-0.4, -0.2) is 61.8 Å². The molecule has 12 nitrogen and oxygen atoms in total. The van der Waals surface area contributed by atoms with E-state index in [1.807, 2.05) is 0 Å². The van der Waals surface area contributed by atoms with Gasteiger partial charge in [-0.15, -0.1) is 15.3 Å². The van der Waals surface area contributed by atoms with Crippen molar-refractivity contribution >= 4 is 47.1 Å². The van der Waals surface area contributed by atoms with E-state index in [1.165, 1.54) is 31.1 Å². The Morgan fingerprint density at radius 1 is 1.07 bits per heavy atom. The van der Waals surface area contributed by atoms with Gasteiger partial charge in [0.05, 0.1) is 31.0 Å². The highest BCUT2D eigenvalue weighted by atomic mass is 35.5. The zero-order valence-electron chi connectivity index (χ0n) is 21.9. The van der Waals surface area contributed by atoms with Gasteiger partial charge in [0.1, 0.15) is 6.33 Å². The van der Waals surface area contributed by atoms with Gasteiger partial charge < -0.3 is 15.4 Å². The molecule has 0 saturated carbocycles. The maximum atomic E-state index is 13.0. The smallest absolute Gasteiger partial charge is 0.309 e. The van der Waals surface area contributed by atoms with Crippen LogP contribution in [0.5, 0.6) is 0 Å². The molecule has 0 fully saturated rings. The lowest BCUT2D eigenvalue weighted by atomic mass is 10.0. The summed E-state index contributed by atoms with van der Waals surface area (Å²) in [6.07, 6.45) is 4.46. The number of benzene rings is 2. The number of ether oxygens (including phenoxy) is 1. The summed E-state index contributed by atoms with van der Waals surface area (Å²) >= 11 is 12.6. The number of hydrogen-bond acceptors (Lipinski definition) is 9. The van der Waals surface area contributed by atoms with Crippen LogP contribution in [0.25, 0.3) is 23.0 Å². The molecule has 0 radical (unpaired) electrons. The molecule has 0 aliphatic carbocycles. The number of esters is 1. The average molecular weight is 595 g/mol. The van der Waals surface area contributed by atoms with Crippen molar-refractivity contribution in [1.82, 2.24) is 41.0 Å². The minimum atomic E-state index is -0.741. The molecule has 0 aliphatic rings. The van der Waals surface area contributed by atoms with E-state index in [-0.39, 0.29) is 30.0 Å². The van der Waals surface area contributed by atoms with Gasteiger partial charge in [0.2, 0.25) is 11.8 Å². The van der Waals surface area contributed by atoms with E-state index >= 15 is 0 Å². The predicted molar refractivity (Wildman–Crippen MR) is 151 cm³/mol. The molecule has 2 aromatic heterocycles. The Morgan fingerprint density at radius 3 is 2.54 bits per heavy atom. The first-order chi connectivity index (χ1) is 19.7. The van der Waals surface area contributed by atoms with Gasteiger partial charge in [-0.25, -0.2) is 0 Å². The van der Waals surface area contributed by atoms with Crippen LogP contribution in [0.1, 0.15) is 29.7 Å². The van der Waals surface area contributed by atoms with Crippen LogP contribution in [0.2, 0.25) is 10.2 Å². The number of hydrogen-bond donors (Lipinski definition) is 2. The number of aromatic nitrogens is 6. The Bertz CT molecular complexity index is 1580. The van der Waals surface area contributed by atoms with Gasteiger partial charge in [0, 0.05) is 41.3 Å². The fourth-order valence-corrected chi connectivity index (χ4v) is 4.22. The summed E-state index contributed by atoms with van der Waals surface area (Å²) in [5, 5.41) is 25.5. The molecular formula is C27H24Cl2N8O4. The van der Waals surface area contributed by atoms with Gasteiger partial charge in [-0.2, -0.15) is 4.68 Å². The fraction of sp³-hybridized carbons (Fsp3) is 0.185. The van der Waals surface area contributed by atoms with Crippen molar-refractivity contribution in [3.8, 4) is 16.9 Å². The molecule has 1 atom stereocenters. The molecule has 1 unspecified atom stereocenters. The molecule has 0 saturated heterocycles. The van der Waals surface area contributed by atoms with Gasteiger partial charge in [-0.3, -0.25) is 14.4 Å². The predicted octanol–water partition coefficient (Wildman–Crippen LogP) is 3.15. The maximum Gasteiger partial charge on any atom is 0.309 e. The zero-order chi connectivity index (χ0) is 29.4. The zero-order valence-corrected chi connectivity index (χ0v) is 23.4. The monoisotopic (exact) mass is 594 g/mol. The van der Waals surface area contributed by atoms with E-state index in [0.717, 1.165) is 5.56 Å². The second-order valence-electron chi connectivity index (χ2n) is 8.71. The van der Waals surface area contributed by atoms with Crippen LogP contribution in [0.3, 0.4) is 0 Å². The number of rotatable bonds is 10. The van der Waals surface area contributed by atoms with Gasteiger partial charge in [-0.05, 0) is 46.3 Å². The molecule has 0 spiro atoms. The summed E-state index contributed by atoms with van der Waals surface area (Å²) in [7, 11) is 1.33. The Hall–Kier alpha value is -4.68. The standard InChI is InChI=1S/C27H24Cl2N8O4/c1-16(38)30-14-23(32-25(39)10-7-19-12-20(28)8-9-24(19)37-15-31-35-36-37)21-13-22(33-34-27(21)29)18-5-3-17(4-6-18)11-26(40)41-2/h3-10,12-13,15,23H,11,14H2,1-2H3,(H,30,38)(H,32,39)/b10-7+. The van der Waals surface area contributed by atoms with Crippen LogP contribution in [0.15, 0.2) is 60.9 Å². The van der Waals surface area contributed by atoms with E-state index in [1.54, 1.807) is 54.6 Å². The summed E-state index contributed by atoms with van der Waals surface area (Å²) < 4.78 is 6.15. The van der Waals surface area contributed by atoms with Crippen molar-refractivity contribution in [2.45, 2.75) is 19.4 Å². The van der Waals surface area contributed by atoms with Gasteiger partial charge in [-0.1, -0.05) is 47.5 Å². The Morgan fingerprint density at radius 2 is 1.85 bits per heavy atom. The van der Waals surface area contributed by atoms with Crippen LogP contribution in [0, 0.1) is 0 Å². The first-order valence-corrected chi connectivity index (χ1v) is 12.9. The lowest BCUT2D eigenvalue weighted by Gasteiger charge is -2.20. The van der Waals surface area contributed by atoms with E-state index in [4.69, 9.17) is 27.9 Å². The van der Waals surface area contributed by atoms with Crippen molar-refractivity contribution < 1.29 is 19.1 Å². The van der Waals surface area contributed by atoms with E-state index < -0.39 is 11.9 Å². The first-order valence-electron chi connectivity index (χ1n) is 12.2. The molecule has 0 aliphatic heterocycles. The molecule has 2 heterocycles. The first kappa shape index (κ1) is 29.3. The lowest BCUT2D eigenvalue weighted by Crippen LogP contribution is -2.36. The minimum absolute atomic E-state index is 0.0465. The largest absolute Gasteiger partial charge is 0.469 e. The second kappa shape index (κ2) is 13.6. The number of carbonyl (C=O) groups excluding carboxylic acids is 3. The Labute approximate surface area is 244 Å². The second-order valence-corrected chi connectivity index (χ2v) is 9.51. The minimum Gasteiger partial charge on any atom is -0.469 e. The number of tetrazole rings is 1. The lowest BCUT2D eigenvalue weighted by molar-refractivity contribution is -0.139. The number of amides is 2. The summed E-state index contributed by atoms with van der Waals surface area (Å²) in [6, 6.07) is 13.2. The van der Waals surface area contributed by atoms with Gasteiger partial charge in [0.15, 0.2) is 5.15 Å². The summed E-state index contributed by atoms with van der Waals surface area (Å²) in [5.74, 6) is -1.10. The summed E-state index contributed by atoms with van der Waals surface area (Å²) in [5.41, 5.74) is 3.62. The third-order valence-electron chi connectivity index (χ3n) is 5.85. The van der Waals surface area contributed by atoms with Crippen molar-refractivity contribution in [2.24, 2.45) is 0 Å². The number of halogens is 2. The molecular weight excluding hydrogens is 571 g/mol. The third-order valence-corrected chi connectivity index (χ3v) is 6.38. The maximum absolute atomic E-state index is 13.0. The van der Waals surface area contributed by atoms with Crippen LogP contribution in [-0.2, 0) is 25.5 Å².